The molecule has 1 amide bonds. The topological polar surface area (TPSA) is 52.6 Å². The van der Waals surface area contributed by atoms with Crippen LogP contribution in [0.1, 0.15) is 24.8 Å². The second-order valence-corrected chi connectivity index (χ2v) is 5.62. The average Bonchev–Trinajstić information content (AvgIpc) is 2.44. The Morgan fingerprint density at radius 1 is 1.45 bits per heavy atom. The normalized spacial score (nSPS) is 19.8. The molecule has 1 aromatic carbocycles. The molecule has 2 N–H and O–H groups in total. The Balaban J connectivity index is 1.69. The monoisotopic (exact) mass is 296 g/mol. The van der Waals surface area contributed by atoms with Crippen LogP contribution in [0.3, 0.4) is 0 Å². The number of amides is 1. The van der Waals surface area contributed by atoms with Gasteiger partial charge in [0.15, 0.2) is 0 Å². The molecular formula is C15H21ClN2O2. The maximum atomic E-state index is 11.8. The van der Waals surface area contributed by atoms with Gasteiger partial charge in [-0.25, -0.2) is 0 Å². The van der Waals surface area contributed by atoms with Gasteiger partial charge in [-0.15, -0.1) is 0 Å². The van der Waals surface area contributed by atoms with Crippen LogP contribution in [0.2, 0.25) is 5.02 Å². The molecule has 0 bridgehead atoms. The highest BCUT2D eigenvalue weighted by Gasteiger charge is 2.17. The van der Waals surface area contributed by atoms with Crippen molar-refractivity contribution in [1.29, 1.82) is 0 Å². The van der Waals surface area contributed by atoms with E-state index in [1.54, 1.807) is 0 Å². The molecular weight excluding hydrogens is 276 g/mol. The fourth-order valence-electron chi connectivity index (χ4n) is 2.42. The molecule has 0 radical (unpaired) electrons. The van der Waals surface area contributed by atoms with Gasteiger partial charge < -0.3 is 15.3 Å². The van der Waals surface area contributed by atoms with Gasteiger partial charge in [-0.1, -0.05) is 29.8 Å². The molecule has 4 nitrogen and oxygen atoms in total. The molecule has 1 unspecified atom stereocenters. The standard InChI is InChI=1S/C15H21ClN2O2/c16-14-6-2-1-4-12(14)10-17-15(20)7-9-18-8-3-5-13(19)11-18/h1-2,4,6,13,19H,3,5,7-11H2,(H,17,20). The summed E-state index contributed by atoms with van der Waals surface area (Å²) in [5.74, 6) is 0.0185. The smallest absolute Gasteiger partial charge is 0.221 e. The summed E-state index contributed by atoms with van der Waals surface area (Å²) in [6.45, 7) is 2.80. The molecule has 1 aliphatic heterocycles. The number of aliphatic hydroxyl groups excluding tert-OH is 1. The number of rotatable bonds is 5. The van der Waals surface area contributed by atoms with E-state index in [-0.39, 0.29) is 12.0 Å². The van der Waals surface area contributed by atoms with Gasteiger partial charge in [0.25, 0.3) is 0 Å². The first-order chi connectivity index (χ1) is 9.65. The van der Waals surface area contributed by atoms with Crippen LogP contribution in [0.5, 0.6) is 0 Å². The molecule has 1 heterocycles. The number of carbonyl (C=O) groups excluding carboxylic acids is 1. The lowest BCUT2D eigenvalue weighted by molar-refractivity contribution is -0.121. The van der Waals surface area contributed by atoms with E-state index in [1.165, 1.54) is 0 Å². The van der Waals surface area contributed by atoms with Crippen molar-refractivity contribution in [3.8, 4) is 0 Å². The second-order valence-electron chi connectivity index (χ2n) is 5.21. The molecule has 1 saturated heterocycles. The number of nitrogens with one attached hydrogen (secondary N) is 1. The summed E-state index contributed by atoms with van der Waals surface area (Å²) >= 11 is 6.04. The van der Waals surface area contributed by atoms with Crippen LogP contribution in [-0.2, 0) is 11.3 Å². The molecule has 1 aromatic rings. The lowest BCUT2D eigenvalue weighted by atomic mass is 10.1. The third kappa shape index (κ3) is 4.78. The lowest BCUT2D eigenvalue weighted by Gasteiger charge is -2.29. The van der Waals surface area contributed by atoms with E-state index in [9.17, 15) is 9.90 Å². The van der Waals surface area contributed by atoms with E-state index in [0.29, 0.717) is 31.1 Å². The number of aliphatic hydroxyl groups is 1. The van der Waals surface area contributed by atoms with Gasteiger partial charge in [0, 0.05) is 31.1 Å². The molecule has 20 heavy (non-hydrogen) atoms. The van der Waals surface area contributed by atoms with Crippen LogP contribution in [0, 0.1) is 0 Å². The summed E-state index contributed by atoms with van der Waals surface area (Å²) in [6.07, 6.45) is 2.09. The molecule has 0 aliphatic carbocycles. The van der Waals surface area contributed by atoms with Crippen molar-refractivity contribution in [2.45, 2.75) is 31.9 Å². The van der Waals surface area contributed by atoms with Crippen molar-refractivity contribution in [2.24, 2.45) is 0 Å². The number of likely N-dealkylation sites (tertiary alicyclic amines) is 1. The Morgan fingerprint density at radius 3 is 3.00 bits per heavy atom. The Kier molecular flexibility index (Phi) is 5.83. The highest BCUT2D eigenvalue weighted by molar-refractivity contribution is 6.31. The molecule has 0 saturated carbocycles. The number of hydrogen-bond donors (Lipinski definition) is 2. The molecule has 110 valence electrons. The van der Waals surface area contributed by atoms with Crippen molar-refractivity contribution >= 4 is 17.5 Å². The Morgan fingerprint density at radius 2 is 2.25 bits per heavy atom. The number of β-amino-alcohol motifs (C(OH)–C–C–N with tert-alkyl or cyclic N) is 1. The summed E-state index contributed by atoms with van der Waals surface area (Å²) in [5, 5.41) is 13.1. The van der Waals surface area contributed by atoms with E-state index in [0.717, 1.165) is 24.9 Å². The summed E-state index contributed by atoms with van der Waals surface area (Å²) in [5.41, 5.74) is 0.927. The number of piperidine rings is 1. The van der Waals surface area contributed by atoms with Crippen molar-refractivity contribution in [3.63, 3.8) is 0 Å². The van der Waals surface area contributed by atoms with E-state index in [2.05, 4.69) is 10.2 Å². The minimum absolute atomic E-state index is 0.0185. The van der Waals surface area contributed by atoms with Crippen molar-refractivity contribution < 1.29 is 9.90 Å². The van der Waals surface area contributed by atoms with Gasteiger partial charge in [0.05, 0.1) is 6.10 Å². The van der Waals surface area contributed by atoms with Gasteiger partial charge in [0.1, 0.15) is 0 Å². The SMILES string of the molecule is O=C(CCN1CCCC(O)C1)NCc1ccccc1Cl. The molecule has 5 heteroatoms. The minimum Gasteiger partial charge on any atom is -0.392 e. The fraction of sp³-hybridized carbons (Fsp3) is 0.533. The van der Waals surface area contributed by atoms with E-state index in [4.69, 9.17) is 11.6 Å². The van der Waals surface area contributed by atoms with E-state index >= 15 is 0 Å². The van der Waals surface area contributed by atoms with Crippen molar-refractivity contribution in [2.75, 3.05) is 19.6 Å². The predicted octanol–water partition coefficient (Wildman–Crippen LogP) is 1.80. The molecule has 1 fully saturated rings. The molecule has 1 aliphatic rings. The van der Waals surface area contributed by atoms with Crippen LogP contribution in [0.25, 0.3) is 0 Å². The first-order valence-corrected chi connectivity index (χ1v) is 7.43. The number of benzene rings is 1. The first-order valence-electron chi connectivity index (χ1n) is 7.05. The number of carbonyl (C=O) groups is 1. The number of nitrogens with zero attached hydrogens (tertiary/aromatic N) is 1. The summed E-state index contributed by atoms with van der Waals surface area (Å²) in [4.78, 5) is 14.0. The van der Waals surface area contributed by atoms with Crippen molar-refractivity contribution in [1.82, 2.24) is 10.2 Å². The Bertz CT molecular complexity index is 453. The van der Waals surface area contributed by atoms with Gasteiger partial charge in [-0.3, -0.25) is 4.79 Å². The molecule has 2 rings (SSSR count). The van der Waals surface area contributed by atoms with Gasteiger partial charge in [-0.05, 0) is 31.0 Å². The zero-order valence-electron chi connectivity index (χ0n) is 11.5. The van der Waals surface area contributed by atoms with Crippen LogP contribution in [0.15, 0.2) is 24.3 Å². The molecule has 0 spiro atoms. The highest BCUT2D eigenvalue weighted by atomic mass is 35.5. The quantitative estimate of drug-likeness (QED) is 0.871. The van der Waals surface area contributed by atoms with E-state index < -0.39 is 0 Å². The summed E-state index contributed by atoms with van der Waals surface area (Å²) in [7, 11) is 0. The number of hydrogen-bond acceptors (Lipinski definition) is 3. The van der Waals surface area contributed by atoms with Crippen molar-refractivity contribution in [3.05, 3.63) is 34.9 Å². The third-order valence-electron chi connectivity index (χ3n) is 3.57. The minimum atomic E-state index is -0.241. The van der Waals surface area contributed by atoms with Crippen LogP contribution < -0.4 is 5.32 Å². The fourth-order valence-corrected chi connectivity index (χ4v) is 2.62. The molecule has 0 aromatic heterocycles. The average molecular weight is 297 g/mol. The van der Waals surface area contributed by atoms with Crippen LogP contribution in [-0.4, -0.2) is 41.7 Å². The molecule has 1 atom stereocenters. The zero-order chi connectivity index (χ0) is 14.4. The van der Waals surface area contributed by atoms with Gasteiger partial charge >= 0.3 is 0 Å². The second kappa shape index (κ2) is 7.62. The Hall–Kier alpha value is -1.10. The highest BCUT2D eigenvalue weighted by Crippen LogP contribution is 2.14. The predicted molar refractivity (Wildman–Crippen MR) is 79.6 cm³/mol. The third-order valence-corrected chi connectivity index (χ3v) is 3.94. The van der Waals surface area contributed by atoms with Crippen LogP contribution in [0.4, 0.5) is 0 Å². The summed E-state index contributed by atoms with van der Waals surface area (Å²) in [6, 6.07) is 7.50. The maximum Gasteiger partial charge on any atom is 0.221 e. The zero-order valence-corrected chi connectivity index (χ0v) is 12.3. The maximum absolute atomic E-state index is 11.8. The van der Waals surface area contributed by atoms with Gasteiger partial charge in [0.2, 0.25) is 5.91 Å². The van der Waals surface area contributed by atoms with E-state index in [1.807, 2.05) is 24.3 Å². The largest absolute Gasteiger partial charge is 0.392 e. The summed E-state index contributed by atoms with van der Waals surface area (Å²) < 4.78 is 0. The lowest BCUT2D eigenvalue weighted by Crippen LogP contribution is -2.40. The number of halogens is 1. The van der Waals surface area contributed by atoms with Crippen LogP contribution >= 0.6 is 11.6 Å². The van der Waals surface area contributed by atoms with Gasteiger partial charge in [-0.2, -0.15) is 0 Å². The first kappa shape index (κ1) is 15.3. The Labute approximate surface area is 124 Å².